The molecule has 0 aromatic rings. The van der Waals surface area contributed by atoms with Crippen molar-refractivity contribution in [2.75, 3.05) is 0 Å². The number of carboxylic acids is 1. The fraction of sp³-hybridized carbons (Fsp3) is 0.864. The van der Waals surface area contributed by atoms with Crippen molar-refractivity contribution >= 4 is 5.97 Å². The van der Waals surface area contributed by atoms with E-state index in [0.29, 0.717) is 6.42 Å². The molecule has 0 heterocycles. The van der Waals surface area contributed by atoms with Crippen LogP contribution in [0, 0.1) is 0 Å². The number of aliphatic hydroxyl groups excluding tert-OH is 1. The molecule has 25 heavy (non-hydrogen) atoms. The highest BCUT2D eigenvalue weighted by Gasteiger charge is 2.11. The Bertz CT molecular complexity index is 312. The number of hydrogen-bond acceptors (Lipinski definition) is 2. The Kier molecular flexibility index (Phi) is 18.8. The van der Waals surface area contributed by atoms with Crippen LogP contribution in [0.4, 0.5) is 0 Å². The van der Waals surface area contributed by atoms with E-state index in [0.717, 1.165) is 19.3 Å². The van der Waals surface area contributed by atoms with Gasteiger partial charge in [-0.1, -0.05) is 96.1 Å². The molecular weight excluding hydrogens is 312 g/mol. The molecule has 0 unspecified atom stereocenters. The number of aliphatic hydroxyl groups is 1. The lowest BCUT2D eigenvalue weighted by molar-refractivity contribution is -0.146. The van der Waals surface area contributed by atoms with Crippen LogP contribution in [0.2, 0.25) is 0 Å². The van der Waals surface area contributed by atoms with E-state index in [-0.39, 0.29) is 0 Å². The van der Waals surface area contributed by atoms with Crippen molar-refractivity contribution in [3.63, 3.8) is 0 Å². The Balaban J connectivity index is 3.12. The third-order valence-corrected chi connectivity index (χ3v) is 4.77. The summed E-state index contributed by atoms with van der Waals surface area (Å²) in [6, 6.07) is 0. The zero-order valence-electron chi connectivity index (χ0n) is 16.6. The number of rotatable bonds is 19. The van der Waals surface area contributed by atoms with E-state index < -0.39 is 12.1 Å². The monoisotopic (exact) mass is 354 g/mol. The molecule has 0 saturated carbocycles. The van der Waals surface area contributed by atoms with Gasteiger partial charge < -0.3 is 10.2 Å². The van der Waals surface area contributed by atoms with E-state index in [2.05, 4.69) is 19.1 Å². The molecule has 0 spiro atoms. The van der Waals surface area contributed by atoms with Crippen LogP contribution in [0.15, 0.2) is 12.2 Å². The molecule has 0 aliphatic rings. The first kappa shape index (κ1) is 24.2. The Morgan fingerprint density at radius 1 is 0.720 bits per heavy atom. The van der Waals surface area contributed by atoms with Crippen LogP contribution in [0.3, 0.4) is 0 Å². The van der Waals surface area contributed by atoms with Gasteiger partial charge in [0.2, 0.25) is 0 Å². The Morgan fingerprint density at radius 2 is 1.12 bits per heavy atom. The first-order valence-electron chi connectivity index (χ1n) is 10.7. The number of hydrogen-bond donors (Lipinski definition) is 2. The quantitative estimate of drug-likeness (QED) is 0.202. The molecular formula is C22H42O3. The van der Waals surface area contributed by atoms with Crippen LogP contribution >= 0.6 is 0 Å². The highest BCUT2D eigenvalue weighted by Crippen LogP contribution is 2.13. The van der Waals surface area contributed by atoms with Crippen molar-refractivity contribution in [2.45, 2.75) is 122 Å². The van der Waals surface area contributed by atoms with Gasteiger partial charge in [-0.15, -0.1) is 0 Å². The van der Waals surface area contributed by atoms with Gasteiger partial charge in [0.15, 0.2) is 6.10 Å². The third kappa shape index (κ3) is 19.3. The van der Waals surface area contributed by atoms with Crippen LogP contribution < -0.4 is 0 Å². The summed E-state index contributed by atoms with van der Waals surface area (Å²) in [5, 5.41) is 17.7. The first-order chi connectivity index (χ1) is 12.2. The molecule has 0 amide bonds. The molecule has 0 fully saturated rings. The standard InChI is InChI=1S/C22H42O3/c1-2-3-4-5-6-7-8-9-10-11-12-13-14-15-16-17-18-19-20-21(23)22(24)25/h7-8,21,23H,2-6,9-20H2,1H3,(H,24,25)/b8-7-/t21-/m1/s1. The van der Waals surface area contributed by atoms with Crippen molar-refractivity contribution in [1.29, 1.82) is 0 Å². The normalized spacial score (nSPS) is 12.7. The van der Waals surface area contributed by atoms with E-state index in [9.17, 15) is 4.79 Å². The van der Waals surface area contributed by atoms with Gasteiger partial charge in [-0.3, -0.25) is 0 Å². The van der Waals surface area contributed by atoms with Crippen molar-refractivity contribution in [3.8, 4) is 0 Å². The molecule has 0 saturated heterocycles. The highest BCUT2D eigenvalue weighted by atomic mass is 16.4. The number of carboxylic acid groups (broad SMARTS) is 1. The van der Waals surface area contributed by atoms with E-state index in [1.54, 1.807) is 0 Å². The molecule has 3 heteroatoms. The Hall–Kier alpha value is -0.830. The van der Waals surface area contributed by atoms with Crippen LogP contribution in [0.25, 0.3) is 0 Å². The van der Waals surface area contributed by atoms with Gasteiger partial charge in [0.1, 0.15) is 0 Å². The fourth-order valence-electron chi connectivity index (χ4n) is 3.06. The molecule has 3 nitrogen and oxygen atoms in total. The Morgan fingerprint density at radius 3 is 1.56 bits per heavy atom. The number of unbranched alkanes of at least 4 members (excludes halogenated alkanes) is 14. The fourth-order valence-corrected chi connectivity index (χ4v) is 3.06. The topological polar surface area (TPSA) is 57.5 Å². The minimum atomic E-state index is -1.17. The minimum Gasteiger partial charge on any atom is -0.479 e. The second-order valence-corrected chi connectivity index (χ2v) is 7.29. The average molecular weight is 355 g/mol. The van der Waals surface area contributed by atoms with Gasteiger partial charge in [-0.2, -0.15) is 0 Å². The van der Waals surface area contributed by atoms with E-state index in [1.165, 1.54) is 83.5 Å². The van der Waals surface area contributed by atoms with E-state index in [4.69, 9.17) is 10.2 Å². The lowest BCUT2D eigenvalue weighted by Crippen LogP contribution is -2.18. The highest BCUT2D eigenvalue weighted by molar-refractivity contribution is 5.71. The molecule has 2 N–H and O–H groups in total. The van der Waals surface area contributed by atoms with Crippen LogP contribution in [0.1, 0.15) is 116 Å². The zero-order valence-corrected chi connectivity index (χ0v) is 16.6. The van der Waals surface area contributed by atoms with Crippen molar-refractivity contribution in [3.05, 3.63) is 12.2 Å². The van der Waals surface area contributed by atoms with Gasteiger partial charge in [-0.05, 0) is 32.1 Å². The minimum absolute atomic E-state index is 0.391. The summed E-state index contributed by atoms with van der Waals surface area (Å²) < 4.78 is 0. The first-order valence-corrected chi connectivity index (χ1v) is 10.7. The third-order valence-electron chi connectivity index (χ3n) is 4.77. The largest absolute Gasteiger partial charge is 0.479 e. The van der Waals surface area contributed by atoms with Crippen LogP contribution in [-0.2, 0) is 4.79 Å². The van der Waals surface area contributed by atoms with E-state index >= 15 is 0 Å². The van der Waals surface area contributed by atoms with Gasteiger partial charge in [0.05, 0.1) is 0 Å². The number of aliphatic carboxylic acids is 1. The number of carbonyl (C=O) groups is 1. The van der Waals surface area contributed by atoms with Gasteiger partial charge >= 0.3 is 5.97 Å². The summed E-state index contributed by atoms with van der Waals surface area (Å²) in [5.41, 5.74) is 0. The van der Waals surface area contributed by atoms with Crippen molar-refractivity contribution in [2.24, 2.45) is 0 Å². The molecule has 148 valence electrons. The maximum Gasteiger partial charge on any atom is 0.332 e. The van der Waals surface area contributed by atoms with Crippen molar-refractivity contribution < 1.29 is 15.0 Å². The van der Waals surface area contributed by atoms with Gasteiger partial charge in [0, 0.05) is 0 Å². The van der Waals surface area contributed by atoms with Crippen molar-refractivity contribution in [1.82, 2.24) is 0 Å². The maximum absolute atomic E-state index is 10.5. The van der Waals surface area contributed by atoms with E-state index in [1.807, 2.05) is 0 Å². The molecule has 0 bridgehead atoms. The molecule has 0 radical (unpaired) electrons. The summed E-state index contributed by atoms with van der Waals surface area (Å²) in [6.45, 7) is 2.26. The molecule has 0 aliphatic heterocycles. The predicted molar refractivity (Wildman–Crippen MR) is 107 cm³/mol. The number of allylic oxidation sites excluding steroid dienone is 2. The second kappa shape index (κ2) is 19.5. The summed E-state index contributed by atoms with van der Waals surface area (Å²) in [5.74, 6) is -1.09. The van der Waals surface area contributed by atoms with Crippen LogP contribution in [0.5, 0.6) is 0 Å². The van der Waals surface area contributed by atoms with Gasteiger partial charge in [-0.25, -0.2) is 4.79 Å². The average Bonchev–Trinajstić information content (AvgIpc) is 2.60. The lowest BCUT2D eigenvalue weighted by atomic mass is 10.0. The van der Waals surface area contributed by atoms with Crippen LogP contribution in [-0.4, -0.2) is 22.3 Å². The summed E-state index contributed by atoms with van der Waals surface area (Å²) in [7, 11) is 0. The smallest absolute Gasteiger partial charge is 0.332 e. The Labute approximate surface area is 155 Å². The summed E-state index contributed by atoms with van der Waals surface area (Å²) in [6.07, 6.45) is 24.1. The lowest BCUT2D eigenvalue weighted by Gasteiger charge is -2.05. The predicted octanol–water partition coefficient (Wildman–Crippen LogP) is 6.64. The maximum atomic E-state index is 10.5. The van der Waals surface area contributed by atoms with Gasteiger partial charge in [0.25, 0.3) is 0 Å². The second-order valence-electron chi connectivity index (χ2n) is 7.29. The molecule has 1 atom stereocenters. The summed E-state index contributed by atoms with van der Waals surface area (Å²) in [4.78, 5) is 10.5. The molecule has 0 rings (SSSR count). The molecule has 0 aliphatic carbocycles. The SMILES string of the molecule is CCCCCC/C=C\CCCCCCCCCCCC[C@@H](O)C(=O)O. The zero-order chi connectivity index (χ0) is 18.6. The molecule has 0 aromatic carbocycles. The summed E-state index contributed by atoms with van der Waals surface area (Å²) >= 11 is 0. The molecule has 0 aromatic heterocycles.